The first-order chi connectivity index (χ1) is 20.1. The van der Waals surface area contributed by atoms with Gasteiger partial charge in [0, 0.05) is 12.0 Å². The smallest absolute Gasteiger partial charge is 0.226 e. The highest BCUT2D eigenvalue weighted by Gasteiger charge is 2.68. The van der Waals surface area contributed by atoms with Crippen LogP contribution in [0, 0.1) is 56.2 Å². The van der Waals surface area contributed by atoms with Gasteiger partial charge in [0.1, 0.15) is 0 Å². The minimum Gasteiger partial charge on any atom is -0.352 e. The summed E-state index contributed by atoms with van der Waals surface area (Å²) in [6, 6.07) is 10.3. The Bertz CT molecular complexity index is 1260. The van der Waals surface area contributed by atoms with Crippen LogP contribution >= 0.6 is 0 Å². The normalized spacial score (nSPS) is 44.7. The molecular formula is C41H63NO. The van der Waals surface area contributed by atoms with Gasteiger partial charge in [-0.3, -0.25) is 4.79 Å². The predicted molar refractivity (Wildman–Crippen MR) is 182 cm³/mol. The van der Waals surface area contributed by atoms with Gasteiger partial charge in [0.2, 0.25) is 5.91 Å². The van der Waals surface area contributed by atoms with Crippen molar-refractivity contribution in [1.29, 1.82) is 0 Å². The summed E-state index contributed by atoms with van der Waals surface area (Å²) in [7, 11) is 0. The van der Waals surface area contributed by atoms with Gasteiger partial charge in [-0.1, -0.05) is 123 Å². The van der Waals surface area contributed by atoms with Crippen LogP contribution in [0.25, 0.3) is 0 Å². The van der Waals surface area contributed by atoms with Crippen LogP contribution in [0.5, 0.6) is 0 Å². The Balaban J connectivity index is 0.00000180. The largest absolute Gasteiger partial charge is 0.352 e. The third-order valence-corrected chi connectivity index (χ3v) is 15.1. The van der Waals surface area contributed by atoms with E-state index in [2.05, 4.69) is 91.0 Å². The highest BCUT2D eigenvalue weighted by atomic mass is 16.2. The van der Waals surface area contributed by atoms with E-state index in [4.69, 9.17) is 6.58 Å². The summed E-state index contributed by atoms with van der Waals surface area (Å²) < 4.78 is 0. The average Bonchev–Trinajstić information content (AvgIpc) is 2.97. The second-order valence-electron chi connectivity index (χ2n) is 17.4. The number of benzene rings is 1. The molecule has 0 radical (unpaired) electrons. The Hall–Kier alpha value is -1.83. The maximum Gasteiger partial charge on any atom is 0.226 e. The highest BCUT2D eigenvalue weighted by Crippen LogP contribution is 2.76. The van der Waals surface area contributed by atoms with Gasteiger partial charge in [-0.15, -0.1) is 0 Å². The van der Waals surface area contributed by atoms with Gasteiger partial charge in [-0.2, -0.15) is 0 Å². The quantitative estimate of drug-likeness (QED) is 0.375. The Morgan fingerprint density at radius 1 is 0.884 bits per heavy atom. The molecule has 43 heavy (non-hydrogen) atoms. The SMILES string of the molecule is C=C1C=C2C3C[C@@](C)(C(=O)NCc4ccccc4)CCC3(C)CC[C@@]2(C)C2(C)CCC3C(C)(C)C(C)CCC3(C)[C@@H]12.CC. The summed E-state index contributed by atoms with van der Waals surface area (Å²) in [5.74, 6) is 2.77. The van der Waals surface area contributed by atoms with Crippen molar-refractivity contribution in [3.05, 3.63) is 59.7 Å². The maximum atomic E-state index is 13.8. The Labute approximate surface area is 265 Å². The molecule has 1 amide bonds. The topological polar surface area (TPSA) is 29.1 Å². The van der Waals surface area contributed by atoms with E-state index in [0.29, 0.717) is 29.2 Å². The number of nitrogens with one attached hydrogen (secondary N) is 1. The summed E-state index contributed by atoms with van der Waals surface area (Å²) in [5.41, 5.74) is 5.26. The second kappa shape index (κ2) is 10.9. The minimum atomic E-state index is -0.329. The van der Waals surface area contributed by atoms with Crippen molar-refractivity contribution < 1.29 is 4.79 Å². The summed E-state index contributed by atoms with van der Waals surface area (Å²) in [6.45, 7) is 29.9. The zero-order chi connectivity index (χ0) is 31.6. The molecule has 0 heterocycles. The monoisotopic (exact) mass is 585 g/mol. The lowest BCUT2D eigenvalue weighted by atomic mass is 9.32. The molecule has 0 bridgehead atoms. The van der Waals surface area contributed by atoms with E-state index in [1.807, 2.05) is 19.9 Å². The zero-order valence-corrected chi connectivity index (χ0v) is 29.5. The number of carbonyl (C=O) groups is 1. The molecule has 1 aromatic carbocycles. The van der Waals surface area contributed by atoms with Crippen molar-refractivity contribution >= 4 is 5.91 Å². The van der Waals surface area contributed by atoms with Gasteiger partial charge in [0.25, 0.3) is 0 Å². The summed E-state index contributed by atoms with van der Waals surface area (Å²) >= 11 is 0. The predicted octanol–water partition coefficient (Wildman–Crippen LogP) is 10.9. The van der Waals surface area contributed by atoms with E-state index >= 15 is 0 Å². The molecule has 0 aromatic heterocycles. The molecule has 4 saturated carbocycles. The summed E-state index contributed by atoms with van der Waals surface area (Å²) in [4.78, 5) is 13.8. The molecule has 238 valence electrons. The molecule has 9 atom stereocenters. The van der Waals surface area contributed by atoms with E-state index in [0.717, 1.165) is 31.1 Å². The number of hydrogen-bond donors (Lipinski definition) is 1. The van der Waals surface area contributed by atoms with Crippen LogP contribution in [0.4, 0.5) is 0 Å². The van der Waals surface area contributed by atoms with E-state index in [-0.39, 0.29) is 27.6 Å². The number of allylic oxidation sites excluding steroid dienone is 3. The van der Waals surface area contributed by atoms with Crippen LogP contribution in [0.1, 0.15) is 133 Å². The third kappa shape index (κ3) is 4.74. The van der Waals surface area contributed by atoms with Crippen molar-refractivity contribution in [3.8, 4) is 0 Å². The summed E-state index contributed by atoms with van der Waals surface area (Å²) in [5, 5.41) is 3.33. The lowest BCUT2D eigenvalue weighted by Crippen LogP contribution is -2.64. The van der Waals surface area contributed by atoms with Crippen LogP contribution in [-0.2, 0) is 11.3 Å². The van der Waals surface area contributed by atoms with Gasteiger partial charge in [-0.25, -0.2) is 0 Å². The van der Waals surface area contributed by atoms with Crippen molar-refractivity contribution in [2.45, 2.75) is 134 Å². The first-order valence-electron chi connectivity index (χ1n) is 17.8. The third-order valence-electron chi connectivity index (χ3n) is 15.1. The Morgan fingerprint density at radius 3 is 2.21 bits per heavy atom. The number of fused-ring (bicyclic) bond motifs is 7. The standard InChI is InChI=1S/C39H57NO.C2H6/c1-26-23-29-30-24-36(6,33(41)40-25-28-13-11-10-12-14-28)20-19-35(30,5)21-22-38(29,8)39(9)18-16-31-34(3,4)27(2)15-17-37(31,7)32(26)39;1-2/h10-14,23,27,30-32H,1,15-22,24-25H2,2-9H3,(H,40,41);1-2H3/t27?,30?,31?,32-,35?,36+,37?,38-,39?;/m1./s1. The molecule has 2 nitrogen and oxygen atoms in total. The fourth-order valence-electron chi connectivity index (χ4n) is 11.8. The fourth-order valence-corrected chi connectivity index (χ4v) is 11.8. The molecular weight excluding hydrogens is 522 g/mol. The molecule has 6 unspecified atom stereocenters. The van der Waals surface area contributed by atoms with Crippen LogP contribution in [0.2, 0.25) is 0 Å². The molecule has 5 aliphatic rings. The van der Waals surface area contributed by atoms with E-state index in [1.54, 1.807) is 5.57 Å². The van der Waals surface area contributed by atoms with E-state index < -0.39 is 0 Å². The molecule has 5 aliphatic carbocycles. The summed E-state index contributed by atoms with van der Waals surface area (Å²) in [6.07, 6.45) is 13.6. The van der Waals surface area contributed by atoms with Crippen molar-refractivity contribution in [3.63, 3.8) is 0 Å². The fraction of sp³-hybridized carbons (Fsp3) is 0.732. The Morgan fingerprint density at radius 2 is 1.53 bits per heavy atom. The number of carbonyl (C=O) groups excluding carboxylic acids is 1. The zero-order valence-electron chi connectivity index (χ0n) is 29.5. The number of hydrogen-bond acceptors (Lipinski definition) is 1. The lowest BCUT2D eigenvalue weighted by Gasteiger charge is -2.71. The van der Waals surface area contributed by atoms with Crippen LogP contribution in [-0.4, -0.2) is 5.91 Å². The highest BCUT2D eigenvalue weighted by molar-refractivity contribution is 5.82. The van der Waals surface area contributed by atoms with Gasteiger partial charge in [0.05, 0.1) is 0 Å². The molecule has 1 aromatic rings. The first-order valence-corrected chi connectivity index (χ1v) is 17.8. The van der Waals surface area contributed by atoms with Crippen LogP contribution < -0.4 is 5.32 Å². The van der Waals surface area contributed by atoms with Crippen molar-refractivity contribution in [2.75, 3.05) is 0 Å². The number of amides is 1. The molecule has 0 aliphatic heterocycles. The van der Waals surface area contributed by atoms with Crippen LogP contribution in [0.3, 0.4) is 0 Å². The molecule has 4 fully saturated rings. The van der Waals surface area contributed by atoms with Gasteiger partial charge in [0.15, 0.2) is 0 Å². The molecule has 0 saturated heterocycles. The average molecular weight is 586 g/mol. The molecule has 0 spiro atoms. The molecule has 1 N–H and O–H groups in total. The van der Waals surface area contributed by atoms with E-state index in [9.17, 15) is 4.79 Å². The van der Waals surface area contributed by atoms with Gasteiger partial charge >= 0.3 is 0 Å². The minimum absolute atomic E-state index is 0.170. The maximum absolute atomic E-state index is 13.8. The molecule has 2 heteroatoms. The lowest BCUT2D eigenvalue weighted by molar-refractivity contribution is -0.176. The Kier molecular flexibility index (Phi) is 8.26. The van der Waals surface area contributed by atoms with Gasteiger partial charge in [-0.05, 0) is 114 Å². The van der Waals surface area contributed by atoms with Crippen molar-refractivity contribution in [1.82, 2.24) is 5.32 Å². The molecule has 6 rings (SSSR count). The second-order valence-corrected chi connectivity index (χ2v) is 17.4. The van der Waals surface area contributed by atoms with Crippen LogP contribution in [0.15, 0.2) is 54.1 Å². The van der Waals surface area contributed by atoms with Gasteiger partial charge < -0.3 is 5.32 Å². The van der Waals surface area contributed by atoms with Crippen molar-refractivity contribution in [2.24, 2.45) is 56.2 Å². The number of rotatable bonds is 3. The first kappa shape index (κ1) is 32.6. The van der Waals surface area contributed by atoms with E-state index in [1.165, 1.54) is 49.7 Å².